The molecular formula is C12H12N2O3. The summed E-state index contributed by atoms with van der Waals surface area (Å²) >= 11 is 0. The van der Waals surface area contributed by atoms with Gasteiger partial charge in [-0.1, -0.05) is 12.1 Å². The number of ether oxygens (including phenoxy) is 2. The van der Waals surface area contributed by atoms with Crippen molar-refractivity contribution in [3.8, 4) is 5.75 Å². The number of methoxy groups -OCH3 is 1. The Morgan fingerprint density at radius 1 is 1.47 bits per heavy atom. The molecule has 0 radical (unpaired) electrons. The predicted octanol–water partition coefficient (Wildman–Crippen LogP) is 0.404. The topological polar surface area (TPSA) is 73.9 Å². The average Bonchev–Trinajstić information content (AvgIpc) is 2.79. The normalized spacial score (nSPS) is 25.7. The standard InChI is InChI=1S/C12H12N2O3/c1-16-9-4-2-3-7-5-12(6-8(7)9)10(15)14-11(13)17-12/h2-4H,5-6H2,1H3,(H2,13,14,15)/t12-/m0/s1. The van der Waals surface area contributed by atoms with Crippen LogP contribution in [-0.4, -0.2) is 24.6 Å². The lowest BCUT2D eigenvalue weighted by Crippen LogP contribution is -2.39. The summed E-state index contributed by atoms with van der Waals surface area (Å²) in [7, 11) is 1.61. The molecule has 0 saturated heterocycles. The predicted molar refractivity (Wildman–Crippen MR) is 60.8 cm³/mol. The molecule has 1 atom stereocenters. The fourth-order valence-electron chi connectivity index (χ4n) is 2.52. The van der Waals surface area contributed by atoms with Crippen molar-refractivity contribution in [3.05, 3.63) is 29.3 Å². The van der Waals surface area contributed by atoms with Gasteiger partial charge in [-0.2, -0.15) is 4.99 Å². The molecule has 1 aromatic rings. The first kappa shape index (κ1) is 10.1. The molecule has 2 aliphatic rings. The minimum atomic E-state index is -0.930. The maximum absolute atomic E-state index is 11.8. The molecular weight excluding hydrogens is 220 g/mol. The zero-order valence-electron chi connectivity index (χ0n) is 9.40. The van der Waals surface area contributed by atoms with Crippen LogP contribution in [-0.2, 0) is 22.4 Å². The van der Waals surface area contributed by atoms with E-state index < -0.39 is 5.60 Å². The maximum atomic E-state index is 11.8. The van der Waals surface area contributed by atoms with E-state index in [2.05, 4.69) is 4.99 Å². The van der Waals surface area contributed by atoms with E-state index in [0.29, 0.717) is 12.8 Å². The van der Waals surface area contributed by atoms with E-state index in [-0.39, 0.29) is 11.9 Å². The molecule has 1 heterocycles. The zero-order valence-corrected chi connectivity index (χ0v) is 9.40. The Labute approximate surface area is 98.2 Å². The van der Waals surface area contributed by atoms with E-state index in [4.69, 9.17) is 15.2 Å². The molecule has 2 N–H and O–H groups in total. The van der Waals surface area contributed by atoms with Gasteiger partial charge >= 0.3 is 0 Å². The number of amidine groups is 1. The van der Waals surface area contributed by atoms with Gasteiger partial charge in [0.1, 0.15) is 5.75 Å². The van der Waals surface area contributed by atoms with Gasteiger partial charge < -0.3 is 15.2 Å². The summed E-state index contributed by atoms with van der Waals surface area (Å²) in [6.07, 6.45) is 0.970. The highest BCUT2D eigenvalue weighted by Gasteiger charge is 2.51. The highest BCUT2D eigenvalue weighted by molar-refractivity contribution is 6.01. The van der Waals surface area contributed by atoms with Crippen LogP contribution in [0.5, 0.6) is 5.75 Å². The third-order valence-corrected chi connectivity index (χ3v) is 3.29. The van der Waals surface area contributed by atoms with Crippen LogP contribution in [0.25, 0.3) is 0 Å². The number of benzene rings is 1. The van der Waals surface area contributed by atoms with E-state index in [0.717, 1.165) is 16.9 Å². The van der Waals surface area contributed by atoms with Gasteiger partial charge in [-0.25, -0.2) is 0 Å². The number of fused-ring (bicyclic) bond motifs is 1. The Morgan fingerprint density at radius 2 is 2.29 bits per heavy atom. The second-order valence-corrected chi connectivity index (χ2v) is 4.30. The number of aliphatic imine (C=N–C) groups is 1. The van der Waals surface area contributed by atoms with Crippen LogP contribution < -0.4 is 10.5 Å². The average molecular weight is 232 g/mol. The fraction of sp³-hybridized carbons (Fsp3) is 0.333. The largest absolute Gasteiger partial charge is 0.496 e. The Morgan fingerprint density at radius 3 is 2.94 bits per heavy atom. The Bertz CT molecular complexity index is 539. The molecule has 5 heteroatoms. The molecule has 1 aliphatic carbocycles. The minimum absolute atomic E-state index is 0.0400. The summed E-state index contributed by atoms with van der Waals surface area (Å²) in [5.74, 6) is 0.481. The highest BCUT2D eigenvalue weighted by atomic mass is 16.5. The number of hydrogen-bond acceptors (Lipinski definition) is 4. The van der Waals surface area contributed by atoms with Gasteiger partial charge in [-0.15, -0.1) is 0 Å². The SMILES string of the molecule is COc1cccc2c1C[C@]1(C2)OC(N)=NC1=O. The number of carbonyl (C=O) groups excluding carboxylic acids is 1. The van der Waals surface area contributed by atoms with Crippen molar-refractivity contribution in [2.45, 2.75) is 18.4 Å². The molecule has 88 valence electrons. The van der Waals surface area contributed by atoms with Crippen LogP contribution in [0.1, 0.15) is 11.1 Å². The smallest absolute Gasteiger partial charge is 0.295 e. The Hall–Kier alpha value is -2.04. The maximum Gasteiger partial charge on any atom is 0.295 e. The van der Waals surface area contributed by atoms with Crippen molar-refractivity contribution in [2.75, 3.05) is 7.11 Å². The molecule has 1 amide bonds. The van der Waals surface area contributed by atoms with Gasteiger partial charge in [0.15, 0.2) is 0 Å². The summed E-state index contributed by atoms with van der Waals surface area (Å²) in [5.41, 5.74) is 6.60. The first-order valence-electron chi connectivity index (χ1n) is 5.37. The molecule has 5 nitrogen and oxygen atoms in total. The van der Waals surface area contributed by atoms with E-state index >= 15 is 0 Å². The van der Waals surface area contributed by atoms with Crippen molar-refractivity contribution in [3.63, 3.8) is 0 Å². The van der Waals surface area contributed by atoms with E-state index in [1.54, 1.807) is 7.11 Å². The first-order chi connectivity index (χ1) is 8.14. The molecule has 0 bridgehead atoms. The van der Waals surface area contributed by atoms with Crippen molar-refractivity contribution < 1.29 is 14.3 Å². The number of nitrogens with zero attached hydrogens (tertiary/aromatic N) is 1. The van der Waals surface area contributed by atoms with Gasteiger partial charge in [0, 0.05) is 18.4 Å². The van der Waals surface area contributed by atoms with Crippen LogP contribution >= 0.6 is 0 Å². The van der Waals surface area contributed by atoms with Crippen LogP contribution in [0.4, 0.5) is 0 Å². The number of hydrogen-bond donors (Lipinski definition) is 1. The lowest BCUT2D eigenvalue weighted by atomic mass is 10.00. The molecule has 0 aromatic heterocycles. The number of amides is 1. The number of carbonyl (C=O) groups is 1. The van der Waals surface area contributed by atoms with Crippen molar-refractivity contribution >= 4 is 11.9 Å². The molecule has 3 rings (SSSR count). The second-order valence-electron chi connectivity index (χ2n) is 4.30. The lowest BCUT2D eigenvalue weighted by Gasteiger charge is -2.19. The van der Waals surface area contributed by atoms with Crippen molar-refractivity contribution in [2.24, 2.45) is 10.7 Å². The van der Waals surface area contributed by atoms with Crippen LogP contribution in [0.15, 0.2) is 23.2 Å². The van der Waals surface area contributed by atoms with E-state index in [9.17, 15) is 4.79 Å². The Kier molecular flexibility index (Phi) is 1.92. The van der Waals surface area contributed by atoms with Crippen LogP contribution in [0.3, 0.4) is 0 Å². The summed E-state index contributed by atoms with van der Waals surface area (Å²) in [6.45, 7) is 0. The van der Waals surface area contributed by atoms with Gasteiger partial charge in [0.25, 0.3) is 11.9 Å². The Balaban J connectivity index is 2.01. The third-order valence-electron chi connectivity index (χ3n) is 3.29. The molecule has 0 fully saturated rings. The number of rotatable bonds is 1. The van der Waals surface area contributed by atoms with Gasteiger partial charge in [0.2, 0.25) is 5.60 Å². The fourth-order valence-corrected chi connectivity index (χ4v) is 2.52. The monoisotopic (exact) mass is 232 g/mol. The van der Waals surface area contributed by atoms with Crippen LogP contribution in [0, 0.1) is 0 Å². The summed E-state index contributed by atoms with van der Waals surface area (Å²) in [4.78, 5) is 15.5. The molecule has 17 heavy (non-hydrogen) atoms. The lowest BCUT2D eigenvalue weighted by molar-refractivity contribution is -0.130. The van der Waals surface area contributed by atoms with Gasteiger partial charge in [-0.3, -0.25) is 4.79 Å². The quantitative estimate of drug-likeness (QED) is 0.760. The van der Waals surface area contributed by atoms with Crippen molar-refractivity contribution in [1.29, 1.82) is 0 Å². The molecule has 1 aliphatic heterocycles. The molecule has 0 saturated carbocycles. The summed E-state index contributed by atoms with van der Waals surface area (Å²) in [5, 5.41) is 0. The summed E-state index contributed by atoms with van der Waals surface area (Å²) in [6, 6.07) is 5.71. The molecule has 0 unspecified atom stereocenters. The van der Waals surface area contributed by atoms with Gasteiger partial charge in [0.05, 0.1) is 7.11 Å². The number of nitrogens with two attached hydrogens (primary N) is 1. The zero-order chi connectivity index (χ0) is 12.0. The third kappa shape index (κ3) is 1.32. The van der Waals surface area contributed by atoms with Gasteiger partial charge in [-0.05, 0) is 11.6 Å². The minimum Gasteiger partial charge on any atom is -0.496 e. The highest BCUT2D eigenvalue weighted by Crippen LogP contribution is 2.40. The van der Waals surface area contributed by atoms with E-state index in [1.165, 1.54) is 0 Å². The van der Waals surface area contributed by atoms with Crippen molar-refractivity contribution in [1.82, 2.24) is 0 Å². The first-order valence-corrected chi connectivity index (χ1v) is 5.37. The van der Waals surface area contributed by atoms with E-state index in [1.807, 2.05) is 18.2 Å². The second kappa shape index (κ2) is 3.23. The summed E-state index contributed by atoms with van der Waals surface area (Å²) < 4.78 is 10.7. The van der Waals surface area contributed by atoms with Crippen LogP contribution in [0.2, 0.25) is 0 Å². The molecule has 1 spiro atoms. The molecule has 1 aromatic carbocycles.